The molecule has 3 amide bonds. The molecule has 0 fully saturated rings. The van der Waals surface area contributed by atoms with E-state index < -0.39 is 17.7 Å². The molecule has 0 aliphatic heterocycles. The number of amides is 3. The van der Waals surface area contributed by atoms with E-state index in [1.165, 1.54) is 0 Å². The molecule has 7 heteroatoms. The molecule has 166 valence electrons. The van der Waals surface area contributed by atoms with Gasteiger partial charge in [-0.25, -0.2) is 4.79 Å². The third kappa shape index (κ3) is 9.80. The van der Waals surface area contributed by atoms with Crippen molar-refractivity contribution in [2.24, 2.45) is 0 Å². The molecule has 0 bridgehead atoms. The van der Waals surface area contributed by atoms with Gasteiger partial charge in [-0.15, -0.1) is 0 Å². The summed E-state index contributed by atoms with van der Waals surface area (Å²) in [6.45, 7) is 5.83. The number of benzene rings is 2. The van der Waals surface area contributed by atoms with Gasteiger partial charge in [0.2, 0.25) is 11.8 Å². The lowest BCUT2D eigenvalue weighted by molar-refractivity contribution is -0.124. The second-order valence-electron chi connectivity index (χ2n) is 8.19. The number of alkyl carbamates (subject to hydrolysis) is 1. The normalized spacial score (nSPS) is 11.8. The van der Waals surface area contributed by atoms with E-state index in [1.54, 1.807) is 20.8 Å². The minimum Gasteiger partial charge on any atom is -0.444 e. The quantitative estimate of drug-likeness (QED) is 0.538. The van der Waals surface area contributed by atoms with Crippen molar-refractivity contribution < 1.29 is 19.1 Å². The lowest BCUT2D eigenvalue weighted by Gasteiger charge is -2.23. The van der Waals surface area contributed by atoms with Crippen LogP contribution in [0.5, 0.6) is 0 Å². The van der Waals surface area contributed by atoms with Crippen LogP contribution in [-0.4, -0.2) is 42.6 Å². The molecule has 0 aromatic heterocycles. The average Bonchev–Trinajstić information content (AvgIpc) is 2.70. The average molecular weight is 426 g/mol. The van der Waals surface area contributed by atoms with Crippen molar-refractivity contribution in [1.82, 2.24) is 16.0 Å². The van der Waals surface area contributed by atoms with Gasteiger partial charge in [0, 0.05) is 19.5 Å². The number of nitrogens with one attached hydrogen (secondary N) is 3. The highest BCUT2D eigenvalue weighted by Crippen LogP contribution is 2.08. The Labute approximate surface area is 183 Å². The SMILES string of the molecule is CC(C)(C)OC(=O)NC(Cc1ccccc1)C(=O)NCCNC(=O)Cc1ccccc1. The van der Waals surface area contributed by atoms with Gasteiger partial charge in [0.15, 0.2) is 0 Å². The summed E-state index contributed by atoms with van der Waals surface area (Å²) >= 11 is 0. The van der Waals surface area contributed by atoms with E-state index in [0.717, 1.165) is 11.1 Å². The van der Waals surface area contributed by atoms with Crippen LogP contribution in [-0.2, 0) is 27.2 Å². The van der Waals surface area contributed by atoms with Crippen LogP contribution in [0.1, 0.15) is 31.9 Å². The molecule has 0 radical (unpaired) electrons. The lowest BCUT2D eigenvalue weighted by atomic mass is 10.1. The zero-order valence-electron chi connectivity index (χ0n) is 18.3. The van der Waals surface area contributed by atoms with Gasteiger partial charge in [0.05, 0.1) is 6.42 Å². The van der Waals surface area contributed by atoms with Crippen LogP contribution in [0.2, 0.25) is 0 Å². The number of ether oxygens (including phenoxy) is 1. The highest BCUT2D eigenvalue weighted by Gasteiger charge is 2.24. The number of carbonyl (C=O) groups is 3. The maximum absolute atomic E-state index is 12.7. The van der Waals surface area contributed by atoms with Crippen molar-refractivity contribution in [1.29, 1.82) is 0 Å². The Kier molecular flexibility index (Phi) is 9.06. The Morgan fingerprint density at radius 3 is 1.97 bits per heavy atom. The molecular formula is C24H31N3O4. The maximum Gasteiger partial charge on any atom is 0.408 e. The van der Waals surface area contributed by atoms with Crippen LogP contribution >= 0.6 is 0 Å². The molecule has 2 aromatic rings. The minimum atomic E-state index is -0.794. The fraction of sp³-hybridized carbons (Fsp3) is 0.375. The van der Waals surface area contributed by atoms with Crippen molar-refractivity contribution in [3.8, 4) is 0 Å². The third-order valence-corrected chi connectivity index (χ3v) is 4.24. The Hall–Kier alpha value is -3.35. The van der Waals surface area contributed by atoms with Crippen LogP contribution in [0, 0.1) is 0 Å². The predicted octanol–water partition coefficient (Wildman–Crippen LogP) is 2.60. The first-order valence-electron chi connectivity index (χ1n) is 10.3. The summed E-state index contributed by atoms with van der Waals surface area (Å²) in [5, 5.41) is 8.19. The molecule has 3 N–H and O–H groups in total. The molecular weight excluding hydrogens is 394 g/mol. The van der Waals surface area contributed by atoms with E-state index in [9.17, 15) is 14.4 Å². The molecule has 0 spiro atoms. The Balaban J connectivity index is 1.84. The first-order chi connectivity index (χ1) is 14.7. The van der Waals surface area contributed by atoms with Crippen molar-refractivity contribution in [2.75, 3.05) is 13.1 Å². The van der Waals surface area contributed by atoms with Gasteiger partial charge in [-0.1, -0.05) is 60.7 Å². The molecule has 2 aromatic carbocycles. The van der Waals surface area contributed by atoms with E-state index in [2.05, 4.69) is 16.0 Å². The Morgan fingerprint density at radius 2 is 1.39 bits per heavy atom. The number of hydrogen-bond donors (Lipinski definition) is 3. The first kappa shape index (κ1) is 23.9. The fourth-order valence-corrected chi connectivity index (χ4v) is 2.86. The molecule has 31 heavy (non-hydrogen) atoms. The molecule has 0 heterocycles. The molecule has 1 atom stereocenters. The highest BCUT2D eigenvalue weighted by atomic mass is 16.6. The number of rotatable bonds is 9. The fourth-order valence-electron chi connectivity index (χ4n) is 2.86. The van der Waals surface area contributed by atoms with Gasteiger partial charge < -0.3 is 20.7 Å². The van der Waals surface area contributed by atoms with Gasteiger partial charge >= 0.3 is 6.09 Å². The summed E-state index contributed by atoms with van der Waals surface area (Å²) in [6.07, 6.45) is -0.0440. The lowest BCUT2D eigenvalue weighted by Crippen LogP contribution is -2.50. The molecule has 0 saturated heterocycles. The van der Waals surface area contributed by atoms with E-state index >= 15 is 0 Å². The van der Waals surface area contributed by atoms with Crippen LogP contribution in [0.15, 0.2) is 60.7 Å². The van der Waals surface area contributed by atoms with E-state index in [0.29, 0.717) is 13.0 Å². The van der Waals surface area contributed by atoms with E-state index in [4.69, 9.17) is 4.74 Å². The van der Waals surface area contributed by atoms with E-state index in [-0.39, 0.29) is 24.8 Å². The Morgan fingerprint density at radius 1 is 0.839 bits per heavy atom. The van der Waals surface area contributed by atoms with Gasteiger partial charge in [0.1, 0.15) is 11.6 Å². The molecule has 0 aliphatic rings. The zero-order valence-corrected chi connectivity index (χ0v) is 18.3. The zero-order chi connectivity index (χ0) is 22.7. The van der Waals surface area contributed by atoms with Crippen LogP contribution in [0.4, 0.5) is 4.79 Å². The molecule has 0 saturated carbocycles. The first-order valence-corrected chi connectivity index (χ1v) is 10.3. The summed E-state index contributed by atoms with van der Waals surface area (Å²) in [7, 11) is 0. The molecule has 1 unspecified atom stereocenters. The summed E-state index contributed by atoms with van der Waals surface area (Å²) in [5.41, 5.74) is 1.17. The molecule has 7 nitrogen and oxygen atoms in total. The highest BCUT2D eigenvalue weighted by molar-refractivity contribution is 5.86. The van der Waals surface area contributed by atoms with Crippen molar-refractivity contribution in [2.45, 2.75) is 45.3 Å². The summed E-state index contributed by atoms with van der Waals surface area (Å²) in [6, 6.07) is 18.1. The third-order valence-electron chi connectivity index (χ3n) is 4.24. The minimum absolute atomic E-state index is 0.117. The number of carbonyl (C=O) groups excluding carboxylic acids is 3. The monoisotopic (exact) mass is 425 g/mol. The second kappa shape index (κ2) is 11.7. The maximum atomic E-state index is 12.7. The van der Waals surface area contributed by atoms with Gasteiger partial charge in [0.25, 0.3) is 0 Å². The van der Waals surface area contributed by atoms with Crippen LogP contribution < -0.4 is 16.0 Å². The van der Waals surface area contributed by atoms with Crippen LogP contribution in [0.25, 0.3) is 0 Å². The second-order valence-corrected chi connectivity index (χ2v) is 8.19. The van der Waals surface area contributed by atoms with Gasteiger partial charge in [-0.3, -0.25) is 9.59 Å². The van der Waals surface area contributed by atoms with E-state index in [1.807, 2.05) is 60.7 Å². The van der Waals surface area contributed by atoms with Gasteiger partial charge in [-0.05, 0) is 31.9 Å². The van der Waals surface area contributed by atoms with Crippen molar-refractivity contribution in [3.05, 3.63) is 71.8 Å². The van der Waals surface area contributed by atoms with Gasteiger partial charge in [-0.2, -0.15) is 0 Å². The molecule has 2 rings (SSSR count). The molecule has 0 aliphatic carbocycles. The summed E-state index contributed by atoms with van der Waals surface area (Å²) in [5.74, 6) is -0.458. The number of hydrogen-bond acceptors (Lipinski definition) is 4. The smallest absolute Gasteiger partial charge is 0.408 e. The van der Waals surface area contributed by atoms with Crippen molar-refractivity contribution >= 4 is 17.9 Å². The topological polar surface area (TPSA) is 96.5 Å². The predicted molar refractivity (Wildman–Crippen MR) is 119 cm³/mol. The Bertz CT molecular complexity index is 848. The van der Waals surface area contributed by atoms with Crippen molar-refractivity contribution in [3.63, 3.8) is 0 Å². The van der Waals surface area contributed by atoms with Crippen LogP contribution in [0.3, 0.4) is 0 Å². The standard InChI is InChI=1S/C24H31N3O4/c1-24(2,3)31-23(30)27-20(16-18-10-6-4-7-11-18)22(29)26-15-14-25-21(28)17-19-12-8-5-9-13-19/h4-13,20H,14-17H2,1-3H3,(H,25,28)(H,26,29)(H,27,30). The summed E-state index contributed by atoms with van der Waals surface area (Å²) < 4.78 is 5.28. The summed E-state index contributed by atoms with van der Waals surface area (Å²) in [4.78, 5) is 36.9. The largest absolute Gasteiger partial charge is 0.444 e.